The highest BCUT2D eigenvalue weighted by molar-refractivity contribution is 5.17. The fourth-order valence-corrected chi connectivity index (χ4v) is 0.622. The molecule has 0 aromatic heterocycles. The summed E-state index contributed by atoms with van der Waals surface area (Å²) in [6, 6.07) is 1.36. The largest absolute Gasteiger partial charge is 0.400 e. The highest BCUT2D eigenvalue weighted by Crippen LogP contribution is 2.11. The molecule has 0 radical (unpaired) electrons. The number of rotatable bonds is 0. The molecule has 0 saturated heterocycles. The Kier molecular flexibility index (Phi) is 4.36. The molecule has 0 aliphatic rings. The summed E-state index contributed by atoms with van der Waals surface area (Å²) in [5.74, 6) is -2.89. The number of benzene rings is 1. The van der Waals surface area contributed by atoms with Crippen molar-refractivity contribution < 1.29 is 18.3 Å². The van der Waals surface area contributed by atoms with Crippen LogP contribution in [0.25, 0.3) is 0 Å². The van der Waals surface area contributed by atoms with Gasteiger partial charge in [0.05, 0.1) is 0 Å². The lowest BCUT2D eigenvalue weighted by molar-refractivity contribution is 0.399. The summed E-state index contributed by atoms with van der Waals surface area (Å²) in [7, 11) is 1.00. The van der Waals surface area contributed by atoms with Gasteiger partial charge in [0.25, 0.3) is 0 Å². The van der Waals surface area contributed by atoms with E-state index in [1.54, 1.807) is 0 Å². The maximum atomic E-state index is 12.4. The van der Waals surface area contributed by atoms with Crippen molar-refractivity contribution in [2.45, 2.75) is 6.92 Å². The minimum absolute atomic E-state index is 0.110. The smallest absolute Gasteiger partial charge is 0.161 e. The minimum Gasteiger partial charge on any atom is -0.400 e. The van der Waals surface area contributed by atoms with Crippen LogP contribution in [0.5, 0.6) is 0 Å². The molecule has 0 heterocycles. The zero-order chi connectivity index (χ0) is 9.72. The summed E-state index contributed by atoms with van der Waals surface area (Å²) in [6.45, 7) is 1.37. The van der Waals surface area contributed by atoms with E-state index in [4.69, 9.17) is 5.11 Å². The molecular weight excluding hydrogens is 169 g/mol. The van der Waals surface area contributed by atoms with E-state index in [-0.39, 0.29) is 5.56 Å². The van der Waals surface area contributed by atoms with Gasteiger partial charge in [0, 0.05) is 13.2 Å². The Morgan fingerprint density at radius 1 is 0.917 bits per heavy atom. The molecule has 12 heavy (non-hydrogen) atoms. The quantitative estimate of drug-likeness (QED) is 0.602. The second kappa shape index (κ2) is 4.77. The lowest BCUT2D eigenvalue weighted by Gasteiger charge is -1.95. The molecule has 0 atom stereocenters. The monoisotopic (exact) mass is 178 g/mol. The summed E-state index contributed by atoms with van der Waals surface area (Å²) in [4.78, 5) is 0. The molecular formula is C8H9F3O. The molecule has 1 rings (SSSR count). The Bertz CT molecular complexity index is 210. The molecule has 1 N–H and O–H groups in total. The van der Waals surface area contributed by atoms with Gasteiger partial charge < -0.3 is 5.11 Å². The number of hydrogen-bond donors (Lipinski definition) is 1. The normalized spacial score (nSPS) is 8.83. The van der Waals surface area contributed by atoms with Crippen LogP contribution in [-0.2, 0) is 0 Å². The second-order valence-corrected chi connectivity index (χ2v) is 2.02. The van der Waals surface area contributed by atoms with Gasteiger partial charge >= 0.3 is 0 Å². The summed E-state index contributed by atoms with van der Waals surface area (Å²) >= 11 is 0. The molecule has 0 aliphatic heterocycles. The van der Waals surface area contributed by atoms with Crippen LogP contribution in [0.1, 0.15) is 5.56 Å². The Labute approximate surface area is 68.5 Å². The SMILES string of the molecule is CO.Cc1cc(F)c(F)cc1F. The van der Waals surface area contributed by atoms with Gasteiger partial charge in [-0.25, -0.2) is 13.2 Å². The van der Waals surface area contributed by atoms with Crippen LogP contribution in [0, 0.1) is 24.4 Å². The summed E-state index contributed by atoms with van der Waals surface area (Å²) in [5.41, 5.74) is 0.110. The first-order valence-electron chi connectivity index (χ1n) is 3.17. The fraction of sp³-hybridized carbons (Fsp3) is 0.250. The molecule has 1 aromatic carbocycles. The summed E-state index contributed by atoms with van der Waals surface area (Å²) in [5, 5.41) is 7.00. The zero-order valence-electron chi connectivity index (χ0n) is 6.74. The van der Waals surface area contributed by atoms with Gasteiger partial charge in [-0.15, -0.1) is 0 Å². The minimum atomic E-state index is -1.15. The van der Waals surface area contributed by atoms with Gasteiger partial charge in [-0.3, -0.25) is 0 Å². The molecule has 0 bridgehead atoms. The molecule has 0 amide bonds. The first kappa shape index (κ1) is 11.0. The van der Waals surface area contributed by atoms with Crippen molar-refractivity contribution in [1.82, 2.24) is 0 Å². The van der Waals surface area contributed by atoms with Crippen molar-refractivity contribution in [2.75, 3.05) is 7.11 Å². The third kappa shape index (κ3) is 2.54. The van der Waals surface area contributed by atoms with Gasteiger partial charge in [0.1, 0.15) is 5.82 Å². The number of halogens is 3. The van der Waals surface area contributed by atoms with E-state index >= 15 is 0 Å². The van der Waals surface area contributed by atoms with Crippen molar-refractivity contribution in [3.8, 4) is 0 Å². The lowest BCUT2D eigenvalue weighted by Crippen LogP contribution is -1.89. The average molecular weight is 178 g/mol. The van der Waals surface area contributed by atoms with Crippen LogP contribution in [0.15, 0.2) is 12.1 Å². The predicted molar refractivity (Wildman–Crippen MR) is 39.2 cm³/mol. The third-order valence-corrected chi connectivity index (χ3v) is 1.20. The second-order valence-electron chi connectivity index (χ2n) is 2.02. The fourth-order valence-electron chi connectivity index (χ4n) is 0.622. The molecule has 0 aliphatic carbocycles. The van der Waals surface area contributed by atoms with Crippen molar-refractivity contribution in [1.29, 1.82) is 0 Å². The van der Waals surface area contributed by atoms with Crippen LogP contribution in [0.4, 0.5) is 13.2 Å². The standard InChI is InChI=1S/C7H5F3.CH4O/c1-4-2-6(9)7(10)3-5(4)8;1-2/h2-3H,1H3;2H,1H3. The molecule has 1 nitrogen and oxygen atoms in total. The maximum Gasteiger partial charge on any atom is 0.161 e. The molecule has 0 saturated carbocycles. The number of hydrogen-bond acceptors (Lipinski definition) is 1. The Hall–Kier alpha value is -1.03. The van der Waals surface area contributed by atoms with Crippen molar-refractivity contribution in [3.05, 3.63) is 35.1 Å². The predicted octanol–water partition coefficient (Wildman–Crippen LogP) is 2.02. The van der Waals surface area contributed by atoms with E-state index in [0.29, 0.717) is 6.07 Å². The van der Waals surface area contributed by atoms with E-state index in [2.05, 4.69) is 0 Å². The highest BCUT2D eigenvalue weighted by Gasteiger charge is 2.04. The lowest BCUT2D eigenvalue weighted by atomic mass is 10.2. The van der Waals surface area contributed by atoms with Crippen molar-refractivity contribution >= 4 is 0 Å². The third-order valence-electron chi connectivity index (χ3n) is 1.20. The molecule has 68 valence electrons. The molecule has 1 aromatic rings. The van der Waals surface area contributed by atoms with Crippen LogP contribution >= 0.6 is 0 Å². The molecule has 0 fully saturated rings. The van der Waals surface area contributed by atoms with E-state index < -0.39 is 17.5 Å². The molecule has 4 heteroatoms. The average Bonchev–Trinajstić information content (AvgIpc) is 2.05. The van der Waals surface area contributed by atoms with Crippen LogP contribution in [-0.4, -0.2) is 12.2 Å². The topological polar surface area (TPSA) is 20.2 Å². The summed E-state index contributed by atoms with van der Waals surface area (Å²) in [6.07, 6.45) is 0. The number of aliphatic hydroxyl groups excluding tert-OH is 1. The Morgan fingerprint density at radius 3 is 1.75 bits per heavy atom. The Morgan fingerprint density at radius 2 is 1.33 bits per heavy atom. The number of aliphatic hydroxyl groups is 1. The van der Waals surface area contributed by atoms with Gasteiger partial charge in [0.15, 0.2) is 11.6 Å². The molecule has 0 spiro atoms. The van der Waals surface area contributed by atoms with Gasteiger partial charge in [-0.1, -0.05) is 0 Å². The number of aryl methyl sites for hydroxylation is 1. The van der Waals surface area contributed by atoms with E-state index in [0.717, 1.165) is 13.2 Å². The molecule has 0 unspecified atom stereocenters. The Balaban J connectivity index is 0.000000561. The van der Waals surface area contributed by atoms with Crippen molar-refractivity contribution in [2.24, 2.45) is 0 Å². The van der Waals surface area contributed by atoms with Gasteiger partial charge in [-0.2, -0.15) is 0 Å². The van der Waals surface area contributed by atoms with Gasteiger partial charge in [0.2, 0.25) is 0 Å². The van der Waals surface area contributed by atoms with E-state index in [9.17, 15) is 13.2 Å². The van der Waals surface area contributed by atoms with Crippen LogP contribution < -0.4 is 0 Å². The first-order valence-corrected chi connectivity index (χ1v) is 3.17. The zero-order valence-corrected chi connectivity index (χ0v) is 6.74. The van der Waals surface area contributed by atoms with Crippen LogP contribution in [0.3, 0.4) is 0 Å². The summed E-state index contributed by atoms with van der Waals surface area (Å²) < 4.78 is 36.7. The highest BCUT2D eigenvalue weighted by atomic mass is 19.2. The van der Waals surface area contributed by atoms with Gasteiger partial charge in [-0.05, 0) is 18.6 Å². The first-order chi connectivity index (χ1) is 5.61. The van der Waals surface area contributed by atoms with Crippen molar-refractivity contribution in [3.63, 3.8) is 0 Å². The van der Waals surface area contributed by atoms with E-state index in [1.165, 1.54) is 6.92 Å². The van der Waals surface area contributed by atoms with E-state index in [1.807, 2.05) is 0 Å². The maximum absolute atomic E-state index is 12.4. The van der Waals surface area contributed by atoms with Crippen LogP contribution in [0.2, 0.25) is 0 Å².